The molecular weight excluding hydrogens is 324 g/mol. The maximum atomic E-state index is 12.3. The third-order valence-corrected chi connectivity index (χ3v) is 3.67. The monoisotopic (exact) mass is 350 g/mol. The molecule has 3 amide bonds. The third-order valence-electron chi connectivity index (χ3n) is 3.67. The van der Waals surface area contributed by atoms with E-state index < -0.39 is 6.03 Å². The molecule has 0 bridgehead atoms. The van der Waals surface area contributed by atoms with Crippen LogP contribution >= 0.6 is 0 Å². The fourth-order valence-electron chi connectivity index (χ4n) is 2.27. The Hall–Kier alpha value is -2.61. The summed E-state index contributed by atoms with van der Waals surface area (Å²) in [4.78, 5) is 33.8. The van der Waals surface area contributed by atoms with Crippen LogP contribution in [-0.2, 0) is 20.9 Å². The summed E-state index contributed by atoms with van der Waals surface area (Å²) < 4.78 is 4.98. The van der Waals surface area contributed by atoms with Crippen molar-refractivity contribution in [1.29, 1.82) is 0 Å². The minimum absolute atomic E-state index is 0.159. The number of hydrogen-bond acceptors (Lipinski definition) is 5. The molecule has 0 aliphatic rings. The van der Waals surface area contributed by atoms with Gasteiger partial charge in [0.1, 0.15) is 6.61 Å². The van der Waals surface area contributed by atoms with Gasteiger partial charge in [0, 0.05) is 19.2 Å². The molecule has 0 radical (unpaired) electrons. The molecule has 8 nitrogen and oxygen atoms in total. The molecule has 0 aliphatic carbocycles. The smallest absolute Gasteiger partial charge is 0.312 e. The Morgan fingerprint density at radius 3 is 2.56 bits per heavy atom. The summed E-state index contributed by atoms with van der Waals surface area (Å²) in [5, 5.41) is 8.30. The number of carbonyl (C=O) groups is 3. The predicted molar refractivity (Wildman–Crippen MR) is 94.9 cm³/mol. The number of anilines is 1. The highest BCUT2D eigenvalue weighted by atomic mass is 16.5. The zero-order valence-electron chi connectivity index (χ0n) is 14.8. The zero-order valence-corrected chi connectivity index (χ0v) is 14.8. The molecule has 1 rings (SSSR count). The van der Waals surface area contributed by atoms with Gasteiger partial charge in [-0.1, -0.05) is 6.07 Å². The number of nitrogens with one attached hydrogen (secondary N) is 3. The number of nitrogens with two attached hydrogens (primary N) is 1. The van der Waals surface area contributed by atoms with Crippen molar-refractivity contribution in [2.75, 3.05) is 18.9 Å². The highest BCUT2D eigenvalue weighted by Crippen LogP contribution is 2.16. The predicted octanol–water partition coefficient (Wildman–Crippen LogP) is 1.03. The first-order valence-electron chi connectivity index (χ1n) is 8.07. The van der Waals surface area contributed by atoms with Crippen LogP contribution in [0.15, 0.2) is 18.2 Å². The summed E-state index contributed by atoms with van der Waals surface area (Å²) in [7, 11) is 1.71. The number of rotatable bonds is 9. The number of amides is 3. The van der Waals surface area contributed by atoms with E-state index in [1.807, 2.05) is 19.1 Å². The van der Waals surface area contributed by atoms with Crippen LogP contribution in [-0.4, -0.2) is 37.5 Å². The average Bonchev–Trinajstić information content (AvgIpc) is 2.53. The second kappa shape index (κ2) is 10.3. The molecule has 1 aromatic rings. The summed E-state index contributed by atoms with van der Waals surface area (Å²) in [5.41, 5.74) is 7.47. The fourth-order valence-corrected chi connectivity index (χ4v) is 2.27. The molecule has 0 spiro atoms. The summed E-state index contributed by atoms with van der Waals surface area (Å²) in [5.74, 6) is -0.492. The SMILES string of the molecule is CN[C@@H](CCCNC(N)=O)C(=O)Nc1ccc(COC(C)=O)c(C)c1. The van der Waals surface area contributed by atoms with Crippen LogP contribution in [0.2, 0.25) is 0 Å². The normalized spacial score (nSPS) is 11.5. The van der Waals surface area contributed by atoms with Gasteiger partial charge < -0.3 is 26.4 Å². The molecule has 0 aliphatic heterocycles. The van der Waals surface area contributed by atoms with Gasteiger partial charge in [0.2, 0.25) is 5.91 Å². The summed E-state index contributed by atoms with van der Waals surface area (Å²) in [6.07, 6.45) is 1.19. The van der Waals surface area contributed by atoms with Crippen LogP contribution in [0.25, 0.3) is 0 Å². The first kappa shape index (κ1) is 20.4. The second-order valence-electron chi connectivity index (χ2n) is 5.69. The van der Waals surface area contributed by atoms with Crippen molar-refractivity contribution in [2.24, 2.45) is 5.73 Å². The Morgan fingerprint density at radius 1 is 1.28 bits per heavy atom. The lowest BCUT2D eigenvalue weighted by atomic mass is 10.1. The van der Waals surface area contributed by atoms with E-state index in [0.29, 0.717) is 25.1 Å². The van der Waals surface area contributed by atoms with Crippen LogP contribution in [0, 0.1) is 6.92 Å². The number of hydrogen-bond donors (Lipinski definition) is 4. The maximum Gasteiger partial charge on any atom is 0.312 e. The number of urea groups is 1. The second-order valence-corrected chi connectivity index (χ2v) is 5.69. The van der Waals surface area contributed by atoms with Crippen molar-refractivity contribution < 1.29 is 19.1 Å². The van der Waals surface area contributed by atoms with Crippen molar-refractivity contribution in [3.05, 3.63) is 29.3 Å². The van der Waals surface area contributed by atoms with Gasteiger partial charge in [-0.3, -0.25) is 9.59 Å². The van der Waals surface area contributed by atoms with Crippen molar-refractivity contribution in [3.8, 4) is 0 Å². The molecule has 1 atom stereocenters. The van der Waals surface area contributed by atoms with Gasteiger partial charge in [0.15, 0.2) is 0 Å². The van der Waals surface area contributed by atoms with E-state index in [1.54, 1.807) is 13.1 Å². The number of ether oxygens (including phenoxy) is 1. The largest absolute Gasteiger partial charge is 0.461 e. The van der Waals surface area contributed by atoms with Gasteiger partial charge in [0.25, 0.3) is 0 Å². The van der Waals surface area contributed by atoms with E-state index in [4.69, 9.17) is 10.5 Å². The lowest BCUT2D eigenvalue weighted by Gasteiger charge is -2.17. The number of carbonyl (C=O) groups excluding carboxylic acids is 3. The minimum Gasteiger partial charge on any atom is -0.461 e. The maximum absolute atomic E-state index is 12.3. The van der Waals surface area contributed by atoms with Gasteiger partial charge in [-0.25, -0.2) is 4.79 Å². The molecule has 0 aromatic heterocycles. The van der Waals surface area contributed by atoms with Crippen LogP contribution < -0.4 is 21.7 Å². The van der Waals surface area contributed by atoms with Crippen LogP contribution in [0.3, 0.4) is 0 Å². The van der Waals surface area contributed by atoms with Crippen molar-refractivity contribution >= 4 is 23.6 Å². The number of esters is 1. The molecule has 0 fully saturated rings. The molecule has 8 heteroatoms. The van der Waals surface area contributed by atoms with Crippen LogP contribution in [0.4, 0.5) is 10.5 Å². The molecule has 138 valence electrons. The highest BCUT2D eigenvalue weighted by Gasteiger charge is 2.16. The van der Waals surface area contributed by atoms with Gasteiger partial charge in [-0.05, 0) is 50.1 Å². The van der Waals surface area contributed by atoms with E-state index in [0.717, 1.165) is 11.1 Å². The molecule has 1 aromatic carbocycles. The number of likely N-dealkylation sites (N-methyl/N-ethyl adjacent to an activating group) is 1. The Bertz CT molecular complexity index is 619. The first-order chi connectivity index (χ1) is 11.8. The lowest BCUT2D eigenvalue weighted by molar-refractivity contribution is -0.142. The Labute approximate surface area is 147 Å². The van der Waals surface area contributed by atoms with Crippen molar-refractivity contribution in [1.82, 2.24) is 10.6 Å². The molecule has 0 heterocycles. The topological polar surface area (TPSA) is 123 Å². The minimum atomic E-state index is -0.574. The molecular formula is C17H26N4O4. The van der Waals surface area contributed by atoms with E-state index in [-0.39, 0.29) is 24.5 Å². The average molecular weight is 350 g/mol. The molecule has 0 unspecified atom stereocenters. The quantitative estimate of drug-likeness (QED) is 0.391. The summed E-state index contributed by atoms with van der Waals surface area (Å²) in [6.45, 7) is 3.88. The first-order valence-corrected chi connectivity index (χ1v) is 8.07. The van der Waals surface area contributed by atoms with Gasteiger partial charge >= 0.3 is 12.0 Å². The molecule has 0 saturated heterocycles. The van der Waals surface area contributed by atoms with E-state index >= 15 is 0 Å². The van der Waals surface area contributed by atoms with E-state index in [2.05, 4.69) is 16.0 Å². The zero-order chi connectivity index (χ0) is 18.8. The van der Waals surface area contributed by atoms with Gasteiger partial charge in [-0.15, -0.1) is 0 Å². The van der Waals surface area contributed by atoms with Crippen molar-refractivity contribution in [2.45, 2.75) is 39.3 Å². The Kier molecular flexibility index (Phi) is 8.42. The summed E-state index contributed by atoms with van der Waals surface area (Å²) >= 11 is 0. The molecule has 0 saturated carbocycles. The standard InChI is InChI=1S/C17H26N4O4/c1-11-9-14(7-6-13(11)10-25-12(2)22)21-16(23)15(19-3)5-4-8-20-17(18)24/h6-7,9,15,19H,4-5,8,10H2,1-3H3,(H,21,23)(H3,18,20,24)/t15-/m0/s1. The number of benzene rings is 1. The Balaban J connectivity index is 2.57. The van der Waals surface area contributed by atoms with Crippen molar-refractivity contribution in [3.63, 3.8) is 0 Å². The highest BCUT2D eigenvalue weighted by molar-refractivity contribution is 5.94. The van der Waals surface area contributed by atoms with Gasteiger partial charge in [-0.2, -0.15) is 0 Å². The molecule has 25 heavy (non-hydrogen) atoms. The van der Waals surface area contributed by atoms with E-state index in [9.17, 15) is 14.4 Å². The fraction of sp³-hybridized carbons (Fsp3) is 0.471. The van der Waals surface area contributed by atoms with E-state index in [1.165, 1.54) is 6.92 Å². The third kappa shape index (κ3) is 7.67. The van der Waals surface area contributed by atoms with Gasteiger partial charge in [0.05, 0.1) is 6.04 Å². The number of primary amides is 1. The molecule has 5 N–H and O–H groups in total. The summed E-state index contributed by atoms with van der Waals surface area (Å²) in [6, 6.07) is 4.47. The van der Waals surface area contributed by atoms with Crippen LogP contribution in [0.5, 0.6) is 0 Å². The Morgan fingerprint density at radius 2 is 2.00 bits per heavy atom. The van der Waals surface area contributed by atoms with Crippen LogP contribution in [0.1, 0.15) is 30.9 Å². The lowest BCUT2D eigenvalue weighted by Crippen LogP contribution is -2.39. The number of aryl methyl sites for hydroxylation is 1.